The molecule has 0 radical (unpaired) electrons. The molecule has 2 rings (SSSR count). The fraction of sp³-hybridized carbons (Fsp3) is 0.333. The van der Waals surface area contributed by atoms with Crippen LogP contribution in [-0.4, -0.2) is 32.5 Å². The number of carbonyl (C=O) groups is 1. The topological polar surface area (TPSA) is 98.8 Å². The molecular weight excluding hydrogens is 246 g/mol. The van der Waals surface area contributed by atoms with Crippen molar-refractivity contribution in [2.24, 2.45) is 0 Å². The molecular formula is C12H13N5O2. The second-order valence-corrected chi connectivity index (χ2v) is 3.96. The quantitative estimate of drug-likeness (QED) is 0.871. The van der Waals surface area contributed by atoms with Crippen LogP contribution in [0.4, 0.5) is 0 Å². The molecule has 0 bridgehead atoms. The van der Waals surface area contributed by atoms with Crippen molar-refractivity contribution in [2.45, 2.75) is 19.9 Å². The number of aromatic amines is 1. The van der Waals surface area contributed by atoms with E-state index in [2.05, 4.69) is 15.2 Å². The van der Waals surface area contributed by atoms with Crippen molar-refractivity contribution in [2.75, 3.05) is 6.54 Å². The van der Waals surface area contributed by atoms with Crippen LogP contribution in [0.5, 0.6) is 0 Å². The SMILES string of the molecule is Cc1nc(C(=O)N(CCC#N)Cc2ccco2)n[nH]1. The van der Waals surface area contributed by atoms with Crippen LogP contribution in [0.2, 0.25) is 0 Å². The summed E-state index contributed by atoms with van der Waals surface area (Å²) in [4.78, 5) is 17.7. The molecule has 0 aliphatic carbocycles. The van der Waals surface area contributed by atoms with Crippen molar-refractivity contribution in [1.82, 2.24) is 20.1 Å². The third-order valence-corrected chi connectivity index (χ3v) is 2.50. The Hall–Kier alpha value is -2.62. The molecule has 7 heteroatoms. The molecule has 2 heterocycles. The number of amides is 1. The summed E-state index contributed by atoms with van der Waals surface area (Å²) in [5.41, 5.74) is 0. The van der Waals surface area contributed by atoms with Gasteiger partial charge in [-0.1, -0.05) is 0 Å². The maximum absolute atomic E-state index is 12.2. The minimum absolute atomic E-state index is 0.0991. The van der Waals surface area contributed by atoms with Crippen LogP contribution in [0.3, 0.4) is 0 Å². The summed E-state index contributed by atoms with van der Waals surface area (Å²) in [6.07, 6.45) is 1.79. The Balaban J connectivity index is 2.12. The van der Waals surface area contributed by atoms with E-state index in [9.17, 15) is 4.79 Å². The fourth-order valence-corrected chi connectivity index (χ4v) is 1.61. The highest BCUT2D eigenvalue weighted by Gasteiger charge is 2.20. The molecule has 7 nitrogen and oxygen atoms in total. The van der Waals surface area contributed by atoms with Crippen molar-refractivity contribution >= 4 is 5.91 Å². The molecule has 0 saturated heterocycles. The second kappa shape index (κ2) is 5.82. The first-order chi connectivity index (χ1) is 9.20. The largest absolute Gasteiger partial charge is 0.467 e. The zero-order valence-electron chi connectivity index (χ0n) is 10.5. The Labute approximate surface area is 109 Å². The summed E-state index contributed by atoms with van der Waals surface area (Å²) in [6.45, 7) is 2.32. The molecule has 19 heavy (non-hydrogen) atoms. The lowest BCUT2D eigenvalue weighted by Crippen LogP contribution is -2.32. The first-order valence-corrected chi connectivity index (χ1v) is 5.78. The Morgan fingerprint density at radius 2 is 2.47 bits per heavy atom. The molecule has 1 amide bonds. The summed E-state index contributed by atoms with van der Waals surface area (Å²) >= 11 is 0. The van der Waals surface area contributed by atoms with E-state index in [1.807, 2.05) is 6.07 Å². The van der Waals surface area contributed by atoms with Crippen LogP contribution in [0.15, 0.2) is 22.8 Å². The van der Waals surface area contributed by atoms with Crippen LogP contribution < -0.4 is 0 Å². The number of rotatable bonds is 5. The smallest absolute Gasteiger partial charge is 0.293 e. The van der Waals surface area contributed by atoms with Gasteiger partial charge in [-0.15, -0.1) is 5.10 Å². The molecule has 0 saturated carbocycles. The average Bonchev–Trinajstić information content (AvgIpc) is 3.05. The van der Waals surface area contributed by atoms with Crippen LogP contribution in [-0.2, 0) is 6.54 Å². The number of hydrogen-bond donors (Lipinski definition) is 1. The van der Waals surface area contributed by atoms with E-state index in [0.29, 0.717) is 24.7 Å². The first kappa shape index (κ1) is 12.8. The highest BCUT2D eigenvalue weighted by atomic mass is 16.3. The zero-order chi connectivity index (χ0) is 13.7. The first-order valence-electron chi connectivity index (χ1n) is 5.78. The predicted molar refractivity (Wildman–Crippen MR) is 64.8 cm³/mol. The van der Waals surface area contributed by atoms with Gasteiger partial charge in [-0.3, -0.25) is 9.89 Å². The van der Waals surface area contributed by atoms with E-state index < -0.39 is 0 Å². The number of furan rings is 1. The molecule has 0 aromatic carbocycles. The minimum atomic E-state index is -0.323. The monoisotopic (exact) mass is 259 g/mol. The summed E-state index contributed by atoms with van der Waals surface area (Å²) in [7, 11) is 0. The number of carbonyl (C=O) groups excluding carboxylic acids is 1. The maximum atomic E-state index is 12.2. The van der Waals surface area contributed by atoms with Crippen molar-refractivity contribution < 1.29 is 9.21 Å². The third-order valence-electron chi connectivity index (χ3n) is 2.50. The Morgan fingerprint density at radius 3 is 3.05 bits per heavy atom. The summed E-state index contributed by atoms with van der Waals surface area (Å²) in [5, 5.41) is 15.1. The van der Waals surface area contributed by atoms with Gasteiger partial charge in [-0.2, -0.15) is 5.26 Å². The summed E-state index contributed by atoms with van der Waals surface area (Å²) < 4.78 is 5.21. The lowest BCUT2D eigenvalue weighted by molar-refractivity contribution is 0.0723. The highest BCUT2D eigenvalue weighted by molar-refractivity contribution is 5.90. The van der Waals surface area contributed by atoms with Gasteiger partial charge >= 0.3 is 0 Å². The van der Waals surface area contributed by atoms with Crippen molar-refractivity contribution in [1.29, 1.82) is 5.26 Å². The summed E-state index contributed by atoms with van der Waals surface area (Å²) in [5.74, 6) is 0.998. The van der Waals surface area contributed by atoms with Gasteiger partial charge in [0.25, 0.3) is 5.91 Å². The highest BCUT2D eigenvalue weighted by Crippen LogP contribution is 2.09. The van der Waals surface area contributed by atoms with Gasteiger partial charge in [0.15, 0.2) is 0 Å². The molecule has 0 aliphatic rings. The molecule has 0 unspecified atom stereocenters. The van der Waals surface area contributed by atoms with Gasteiger partial charge in [-0.25, -0.2) is 4.98 Å². The molecule has 0 atom stereocenters. The van der Waals surface area contributed by atoms with Gasteiger partial charge in [0, 0.05) is 6.54 Å². The average molecular weight is 259 g/mol. The summed E-state index contributed by atoms with van der Waals surface area (Å²) in [6, 6.07) is 5.54. The van der Waals surface area contributed by atoms with Gasteiger partial charge in [0.05, 0.1) is 25.3 Å². The van der Waals surface area contributed by atoms with Crippen LogP contribution in [0.25, 0.3) is 0 Å². The molecule has 0 fully saturated rings. The van der Waals surface area contributed by atoms with Crippen LogP contribution >= 0.6 is 0 Å². The number of nitrogens with zero attached hydrogens (tertiary/aromatic N) is 4. The lowest BCUT2D eigenvalue weighted by atomic mass is 10.3. The predicted octanol–water partition coefficient (Wildman–Crippen LogP) is 1.26. The molecule has 0 spiro atoms. The van der Waals surface area contributed by atoms with Crippen molar-refractivity contribution in [3.8, 4) is 6.07 Å². The van der Waals surface area contributed by atoms with E-state index in [1.54, 1.807) is 25.3 Å². The van der Waals surface area contributed by atoms with Crippen LogP contribution in [0, 0.1) is 18.3 Å². The number of hydrogen-bond acceptors (Lipinski definition) is 5. The Bertz CT molecular complexity index is 582. The van der Waals surface area contributed by atoms with Crippen molar-refractivity contribution in [3.63, 3.8) is 0 Å². The van der Waals surface area contributed by atoms with Gasteiger partial charge < -0.3 is 9.32 Å². The van der Waals surface area contributed by atoms with Crippen molar-refractivity contribution in [3.05, 3.63) is 35.8 Å². The molecule has 2 aromatic heterocycles. The van der Waals surface area contributed by atoms with E-state index in [4.69, 9.17) is 9.68 Å². The standard InChI is InChI=1S/C12H13N5O2/c1-9-14-11(16-15-9)12(18)17(6-3-5-13)8-10-4-2-7-19-10/h2,4,7H,3,6,8H2,1H3,(H,14,15,16). The van der Waals surface area contributed by atoms with Gasteiger partial charge in [-0.05, 0) is 19.1 Å². The number of aromatic nitrogens is 3. The molecule has 98 valence electrons. The fourth-order valence-electron chi connectivity index (χ4n) is 1.61. The number of H-pyrrole nitrogens is 1. The Kier molecular flexibility index (Phi) is 3.93. The molecule has 1 N–H and O–H groups in total. The zero-order valence-corrected chi connectivity index (χ0v) is 10.5. The number of aryl methyl sites for hydroxylation is 1. The number of nitriles is 1. The minimum Gasteiger partial charge on any atom is -0.467 e. The second-order valence-electron chi connectivity index (χ2n) is 3.96. The van der Waals surface area contributed by atoms with E-state index in [1.165, 1.54) is 4.90 Å². The van der Waals surface area contributed by atoms with Gasteiger partial charge in [0.1, 0.15) is 11.6 Å². The van der Waals surface area contributed by atoms with E-state index in [-0.39, 0.29) is 18.2 Å². The Morgan fingerprint density at radius 1 is 1.63 bits per heavy atom. The number of nitrogens with one attached hydrogen (secondary N) is 1. The van der Waals surface area contributed by atoms with Gasteiger partial charge in [0.2, 0.25) is 5.82 Å². The normalized spacial score (nSPS) is 10.1. The van der Waals surface area contributed by atoms with E-state index in [0.717, 1.165) is 0 Å². The lowest BCUT2D eigenvalue weighted by Gasteiger charge is -2.18. The molecule has 2 aromatic rings. The van der Waals surface area contributed by atoms with Crippen LogP contribution in [0.1, 0.15) is 28.6 Å². The third kappa shape index (κ3) is 3.19. The maximum Gasteiger partial charge on any atom is 0.293 e. The molecule has 0 aliphatic heterocycles. The van der Waals surface area contributed by atoms with E-state index >= 15 is 0 Å².